The lowest BCUT2D eigenvalue weighted by Gasteiger charge is -2.39. The van der Waals surface area contributed by atoms with Gasteiger partial charge in [-0.2, -0.15) is 0 Å². The Morgan fingerprint density at radius 2 is 1.64 bits per heavy atom. The van der Waals surface area contributed by atoms with Crippen molar-refractivity contribution in [2.45, 2.75) is 30.7 Å². The summed E-state index contributed by atoms with van der Waals surface area (Å²) in [6.07, 6.45) is -3.57. The molecular weight excluding hydrogens is 364 g/mol. The molecule has 1 fully saturated rings. The van der Waals surface area contributed by atoms with E-state index < -0.39 is 37.3 Å². The van der Waals surface area contributed by atoms with Gasteiger partial charge in [0.1, 0.15) is 30.2 Å². The predicted molar refractivity (Wildman–Crippen MR) is 101 cm³/mol. The van der Waals surface area contributed by atoms with Gasteiger partial charge in [-0.3, -0.25) is 4.79 Å². The van der Waals surface area contributed by atoms with Gasteiger partial charge in [-0.15, -0.1) is 0 Å². The maximum atomic E-state index is 12.3. The van der Waals surface area contributed by atoms with Crippen LogP contribution >= 0.6 is 0 Å². The van der Waals surface area contributed by atoms with Gasteiger partial charge in [0.15, 0.2) is 5.78 Å². The van der Waals surface area contributed by atoms with Crippen LogP contribution in [0.4, 0.5) is 0 Å². The van der Waals surface area contributed by atoms with Crippen LogP contribution in [-0.2, 0) is 4.74 Å². The first-order chi connectivity index (χ1) is 13.5. The summed E-state index contributed by atoms with van der Waals surface area (Å²) in [4.78, 5) is 12.3. The molecule has 0 radical (unpaired) electrons. The molecule has 1 heterocycles. The maximum Gasteiger partial charge on any atom is 0.229 e. The summed E-state index contributed by atoms with van der Waals surface area (Å²) in [7, 11) is 0. The third kappa shape index (κ3) is 4.64. The van der Waals surface area contributed by atoms with Crippen molar-refractivity contribution in [3.8, 4) is 5.75 Å². The fourth-order valence-electron chi connectivity index (χ4n) is 2.83. The number of aliphatic hydroxyl groups is 4. The summed E-state index contributed by atoms with van der Waals surface area (Å²) in [5.74, 6) is 0.121. The van der Waals surface area contributed by atoms with Crippen LogP contribution in [0.5, 0.6) is 5.75 Å². The lowest BCUT2D eigenvalue weighted by Crippen LogP contribution is -2.60. The average molecular weight is 386 g/mol. The molecule has 1 aliphatic rings. The fraction of sp³-hybridized carbons (Fsp3) is 0.286. The minimum atomic E-state index is -1.51. The Kier molecular flexibility index (Phi) is 6.56. The van der Waals surface area contributed by atoms with E-state index in [0.717, 1.165) is 5.56 Å². The quantitative estimate of drug-likeness (QED) is 0.428. The molecule has 7 heteroatoms. The minimum absolute atomic E-state index is 0.178. The number of carbonyl (C=O) groups excluding carboxylic acids is 1. The zero-order valence-corrected chi connectivity index (χ0v) is 15.0. The first-order valence-corrected chi connectivity index (χ1v) is 8.84. The standard InChI is InChI=1S/C21H22O7/c22-12-17-18(24)19(25)20(26)21(28-17)27-15-9-7-14(8-10-15)16(23)11-6-13-4-2-1-3-5-13/h1-11,17-22,24-26H,12H2/b11-6+/t17-,18-,19+,20-,21-/m1/s1. The highest BCUT2D eigenvalue weighted by Gasteiger charge is 2.44. The summed E-state index contributed by atoms with van der Waals surface area (Å²) in [5, 5.41) is 38.8. The van der Waals surface area contributed by atoms with E-state index in [1.807, 2.05) is 30.3 Å². The Morgan fingerprint density at radius 3 is 2.29 bits per heavy atom. The molecular formula is C21H22O7. The lowest BCUT2D eigenvalue weighted by molar-refractivity contribution is -0.277. The van der Waals surface area contributed by atoms with Gasteiger partial charge in [0.2, 0.25) is 6.29 Å². The lowest BCUT2D eigenvalue weighted by atomic mass is 9.99. The normalized spacial score (nSPS) is 27.6. The Bertz CT molecular complexity index is 801. The number of carbonyl (C=O) groups is 1. The number of benzene rings is 2. The molecule has 7 nitrogen and oxygen atoms in total. The van der Waals surface area contributed by atoms with Crippen LogP contribution in [0.3, 0.4) is 0 Å². The predicted octanol–water partition coefficient (Wildman–Crippen LogP) is 0.761. The highest BCUT2D eigenvalue weighted by molar-refractivity contribution is 6.06. The first kappa shape index (κ1) is 20.2. The van der Waals surface area contributed by atoms with E-state index in [1.165, 1.54) is 18.2 Å². The molecule has 28 heavy (non-hydrogen) atoms. The van der Waals surface area contributed by atoms with Gasteiger partial charge in [0.25, 0.3) is 0 Å². The van der Waals surface area contributed by atoms with Gasteiger partial charge in [0, 0.05) is 5.56 Å². The van der Waals surface area contributed by atoms with Crippen LogP contribution in [0.25, 0.3) is 6.08 Å². The second-order valence-electron chi connectivity index (χ2n) is 6.45. The maximum absolute atomic E-state index is 12.3. The number of hydrogen-bond donors (Lipinski definition) is 4. The summed E-state index contributed by atoms with van der Waals surface area (Å²) < 4.78 is 10.8. The number of rotatable bonds is 6. The molecule has 0 saturated carbocycles. The molecule has 0 aliphatic carbocycles. The van der Waals surface area contributed by atoms with Gasteiger partial charge in [-0.1, -0.05) is 36.4 Å². The fourth-order valence-corrected chi connectivity index (χ4v) is 2.83. The van der Waals surface area contributed by atoms with Gasteiger partial charge < -0.3 is 29.9 Å². The van der Waals surface area contributed by atoms with Crippen molar-refractivity contribution in [1.82, 2.24) is 0 Å². The number of aliphatic hydroxyl groups excluding tert-OH is 4. The zero-order chi connectivity index (χ0) is 20.1. The van der Waals surface area contributed by atoms with E-state index in [-0.39, 0.29) is 5.78 Å². The molecule has 5 atom stereocenters. The Labute approximate surface area is 162 Å². The first-order valence-electron chi connectivity index (χ1n) is 8.84. The van der Waals surface area contributed by atoms with E-state index in [1.54, 1.807) is 18.2 Å². The van der Waals surface area contributed by atoms with Crippen LogP contribution in [-0.4, -0.2) is 63.5 Å². The molecule has 1 aliphatic heterocycles. The molecule has 2 aromatic rings. The van der Waals surface area contributed by atoms with Crippen molar-refractivity contribution in [3.63, 3.8) is 0 Å². The molecule has 1 saturated heterocycles. The van der Waals surface area contributed by atoms with E-state index >= 15 is 0 Å². The van der Waals surface area contributed by atoms with Gasteiger partial charge in [0.05, 0.1) is 6.61 Å². The largest absolute Gasteiger partial charge is 0.462 e. The van der Waals surface area contributed by atoms with Gasteiger partial charge >= 0.3 is 0 Å². The molecule has 0 amide bonds. The molecule has 148 valence electrons. The Balaban J connectivity index is 1.64. The average Bonchev–Trinajstić information content (AvgIpc) is 2.73. The molecule has 0 bridgehead atoms. The SMILES string of the molecule is O=C(/C=C/c1ccccc1)c1ccc(O[C@@H]2O[C@H](CO)[C@@H](O)[C@H](O)[C@H]2O)cc1. The smallest absolute Gasteiger partial charge is 0.229 e. The Hall–Kier alpha value is -2.55. The van der Waals surface area contributed by atoms with Crippen molar-refractivity contribution < 1.29 is 34.7 Å². The second-order valence-corrected chi connectivity index (χ2v) is 6.45. The number of ketones is 1. The third-order valence-corrected chi connectivity index (χ3v) is 4.47. The van der Waals surface area contributed by atoms with Crippen molar-refractivity contribution in [1.29, 1.82) is 0 Å². The number of hydrogen-bond acceptors (Lipinski definition) is 7. The summed E-state index contributed by atoms with van der Waals surface area (Å²) in [5.41, 5.74) is 1.37. The van der Waals surface area contributed by atoms with Gasteiger partial charge in [-0.25, -0.2) is 0 Å². The van der Waals surface area contributed by atoms with Crippen LogP contribution < -0.4 is 4.74 Å². The van der Waals surface area contributed by atoms with E-state index in [4.69, 9.17) is 9.47 Å². The molecule has 0 spiro atoms. The molecule has 0 unspecified atom stereocenters. The summed E-state index contributed by atoms with van der Waals surface area (Å²) in [6, 6.07) is 15.6. The minimum Gasteiger partial charge on any atom is -0.462 e. The van der Waals surface area contributed by atoms with Crippen molar-refractivity contribution in [2.75, 3.05) is 6.61 Å². The molecule has 3 rings (SSSR count). The van der Waals surface area contributed by atoms with Gasteiger partial charge in [-0.05, 0) is 35.9 Å². The van der Waals surface area contributed by atoms with Crippen LogP contribution in [0, 0.1) is 0 Å². The summed E-state index contributed by atoms with van der Waals surface area (Å²) >= 11 is 0. The molecule has 2 aromatic carbocycles. The molecule has 4 N–H and O–H groups in total. The van der Waals surface area contributed by atoms with Crippen LogP contribution in [0.2, 0.25) is 0 Å². The van der Waals surface area contributed by atoms with Crippen LogP contribution in [0.1, 0.15) is 15.9 Å². The van der Waals surface area contributed by atoms with Crippen molar-refractivity contribution in [3.05, 3.63) is 71.8 Å². The highest BCUT2D eigenvalue weighted by atomic mass is 16.7. The van der Waals surface area contributed by atoms with Crippen LogP contribution in [0.15, 0.2) is 60.7 Å². The van der Waals surface area contributed by atoms with E-state index in [9.17, 15) is 25.2 Å². The molecule has 0 aromatic heterocycles. The van der Waals surface area contributed by atoms with E-state index in [0.29, 0.717) is 11.3 Å². The second kappa shape index (κ2) is 9.09. The van der Waals surface area contributed by atoms with Crippen molar-refractivity contribution in [2.24, 2.45) is 0 Å². The van der Waals surface area contributed by atoms with E-state index in [2.05, 4.69) is 0 Å². The number of ether oxygens (including phenoxy) is 2. The van der Waals surface area contributed by atoms with Crippen molar-refractivity contribution >= 4 is 11.9 Å². The monoisotopic (exact) mass is 386 g/mol. The Morgan fingerprint density at radius 1 is 0.964 bits per heavy atom. The number of allylic oxidation sites excluding steroid dienone is 1. The third-order valence-electron chi connectivity index (χ3n) is 4.47. The summed E-state index contributed by atoms with van der Waals surface area (Å²) in [6.45, 7) is -0.536. The highest BCUT2D eigenvalue weighted by Crippen LogP contribution is 2.24. The topological polar surface area (TPSA) is 116 Å². The zero-order valence-electron chi connectivity index (χ0n) is 15.0.